The van der Waals surface area contributed by atoms with Crippen LogP contribution < -0.4 is 5.32 Å². The fraction of sp³-hybridized carbons (Fsp3) is 0.938. The van der Waals surface area contributed by atoms with E-state index >= 15 is 0 Å². The summed E-state index contributed by atoms with van der Waals surface area (Å²) < 4.78 is 27.4. The standard InChI is InChI=1S/C16H29NO10/c1-7(20)17-8-4-9(23-2)10(5-18)25-15(8)27-14-13(22)12(21)11(6-19)26-16(14)24-3/h8-16,18-19,21-22H,4-6H2,1-3H3,(H,17,20). The summed E-state index contributed by atoms with van der Waals surface area (Å²) in [7, 11) is 2.79. The van der Waals surface area contributed by atoms with Crippen molar-refractivity contribution >= 4 is 5.91 Å². The van der Waals surface area contributed by atoms with Gasteiger partial charge >= 0.3 is 0 Å². The van der Waals surface area contributed by atoms with E-state index < -0.39 is 61.9 Å². The minimum Gasteiger partial charge on any atom is -0.394 e. The van der Waals surface area contributed by atoms with Crippen molar-refractivity contribution in [1.82, 2.24) is 5.32 Å². The van der Waals surface area contributed by atoms with Gasteiger partial charge in [-0.3, -0.25) is 4.79 Å². The average molecular weight is 395 g/mol. The van der Waals surface area contributed by atoms with E-state index in [0.717, 1.165) is 0 Å². The predicted molar refractivity (Wildman–Crippen MR) is 88.4 cm³/mol. The van der Waals surface area contributed by atoms with Gasteiger partial charge in [-0.2, -0.15) is 0 Å². The fourth-order valence-corrected chi connectivity index (χ4v) is 3.34. The maximum absolute atomic E-state index is 11.5. The third kappa shape index (κ3) is 5.13. The summed E-state index contributed by atoms with van der Waals surface area (Å²) in [6.45, 7) is 0.488. The average Bonchev–Trinajstić information content (AvgIpc) is 2.65. The van der Waals surface area contributed by atoms with Crippen LogP contribution >= 0.6 is 0 Å². The lowest BCUT2D eigenvalue weighted by molar-refractivity contribution is -0.345. The van der Waals surface area contributed by atoms with Crippen LogP contribution in [0.5, 0.6) is 0 Å². The Labute approximate surface area is 157 Å². The second kappa shape index (κ2) is 10.0. The number of aliphatic hydroxyl groups is 4. The van der Waals surface area contributed by atoms with Crippen molar-refractivity contribution in [3.05, 3.63) is 0 Å². The molecule has 2 aliphatic heterocycles. The molecule has 0 aromatic carbocycles. The molecule has 0 saturated carbocycles. The number of carbonyl (C=O) groups is 1. The van der Waals surface area contributed by atoms with Crippen molar-refractivity contribution in [2.24, 2.45) is 0 Å². The highest BCUT2D eigenvalue weighted by atomic mass is 16.7. The summed E-state index contributed by atoms with van der Waals surface area (Å²) in [6.07, 6.45) is -8.06. The lowest BCUT2D eigenvalue weighted by Crippen LogP contribution is -2.63. The van der Waals surface area contributed by atoms with Gasteiger partial charge in [0, 0.05) is 27.6 Å². The molecule has 0 bridgehead atoms. The molecule has 11 nitrogen and oxygen atoms in total. The highest BCUT2D eigenvalue weighted by Gasteiger charge is 2.49. The molecule has 2 rings (SSSR count). The van der Waals surface area contributed by atoms with E-state index in [0.29, 0.717) is 6.42 Å². The Kier molecular flexibility index (Phi) is 8.34. The van der Waals surface area contributed by atoms with Crippen molar-refractivity contribution in [1.29, 1.82) is 0 Å². The van der Waals surface area contributed by atoms with Crippen LogP contribution in [0.25, 0.3) is 0 Å². The Bertz CT molecular complexity index is 478. The van der Waals surface area contributed by atoms with Crippen LogP contribution in [-0.2, 0) is 28.5 Å². The van der Waals surface area contributed by atoms with Gasteiger partial charge in [0.2, 0.25) is 5.91 Å². The first-order valence-electron chi connectivity index (χ1n) is 8.73. The number of ether oxygens (including phenoxy) is 5. The summed E-state index contributed by atoms with van der Waals surface area (Å²) in [6, 6.07) is -0.632. The van der Waals surface area contributed by atoms with Crippen LogP contribution in [0, 0.1) is 0 Å². The summed E-state index contributed by atoms with van der Waals surface area (Å²) in [5.74, 6) is -0.321. The molecule has 2 aliphatic rings. The first kappa shape index (κ1) is 22.4. The Morgan fingerprint density at radius 2 is 1.67 bits per heavy atom. The van der Waals surface area contributed by atoms with Gasteiger partial charge in [-0.05, 0) is 0 Å². The van der Waals surface area contributed by atoms with Crippen LogP contribution in [0.1, 0.15) is 13.3 Å². The van der Waals surface area contributed by atoms with Gasteiger partial charge < -0.3 is 49.4 Å². The molecular weight excluding hydrogens is 366 g/mol. The lowest BCUT2D eigenvalue weighted by Gasteiger charge is -2.46. The largest absolute Gasteiger partial charge is 0.394 e. The topological polar surface area (TPSA) is 156 Å². The van der Waals surface area contributed by atoms with Gasteiger partial charge in [0.1, 0.15) is 30.5 Å². The second-order valence-corrected chi connectivity index (χ2v) is 6.59. The third-order valence-electron chi connectivity index (χ3n) is 4.76. The van der Waals surface area contributed by atoms with Crippen molar-refractivity contribution in [3.63, 3.8) is 0 Å². The SMILES string of the molecule is COC1CC(NC(C)=O)C(OC2C(OC)OC(CO)C(O)C2O)OC1CO. The molecule has 158 valence electrons. The Hall–Kier alpha value is -0.890. The molecule has 2 heterocycles. The molecule has 1 amide bonds. The zero-order chi connectivity index (χ0) is 20.1. The summed E-state index contributed by atoms with van der Waals surface area (Å²) in [5.41, 5.74) is 0. The Balaban J connectivity index is 2.18. The molecule has 5 N–H and O–H groups in total. The summed E-state index contributed by atoms with van der Waals surface area (Å²) in [4.78, 5) is 11.5. The number of aliphatic hydroxyl groups excluding tert-OH is 4. The second-order valence-electron chi connectivity index (χ2n) is 6.59. The van der Waals surface area contributed by atoms with E-state index in [1.54, 1.807) is 0 Å². The monoisotopic (exact) mass is 395 g/mol. The molecular formula is C16H29NO10. The molecule has 0 aliphatic carbocycles. The van der Waals surface area contributed by atoms with Crippen molar-refractivity contribution in [3.8, 4) is 0 Å². The zero-order valence-electron chi connectivity index (χ0n) is 15.6. The van der Waals surface area contributed by atoms with Gasteiger partial charge in [-0.15, -0.1) is 0 Å². The van der Waals surface area contributed by atoms with E-state index in [2.05, 4.69) is 5.32 Å². The van der Waals surface area contributed by atoms with Crippen LogP contribution in [-0.4, -0.2) is 109 Å². The molecule has 0 spiro atoms. The summed E-state index contributed by atoms with van der Waals surface area (Å²) >= 11 is 0. The minimum absolute atomic E-state index is 0.301. The molecule has 27 heavy (non-hydrogen) atoms. The number of methoxy groups -OCH3 is 2. The van der Waals surface area contributed by atoms with E-state index in [4.69, 9.17) is 23.7 Å². The highest BCUT2D eigenvalue weighted by Crippen LogP contribution is 2.29. The first-order chi connectivity index (χ1) is 12.9. The maximum Gasteiger partial charge on any atom is 0.217 e. The summed E-state index contributed by atoms with van der Waals surface area (Å²) in [5, 5.41) is 42.0. The van der Waals surface area contributed by atoms with E-state index in [1.165, 1.54) is 21.1 Å². The van der Waals surface area contributed by atoms with Crippen LogP contribution in [0.2, 0.25) is 0 Å². The molecule has 2 saturated heterocycles. The molecule has 0 aromatic rings. The number of carbonyl (C=O) groups excluding carboxylic acids is 1. The van der Waals surface area contributed by atoms with Gasteiger partial charge in [-0.25, -0.2) is 0 Å². The Morgan fingerprint density at radius 3 is 2.19 bits per heavy atom. The normalized spacial score (nSPS) is 42.7. The first-order valence-corrected chi connectivity index (χ1v) is 8.73. The van der Waals surface area contributed by atoms with Gasteiger partial charge in [0.05, 0.1) is 25.4 Å². The van der Waals surface area contributed by atoms with Crippen LogP contribution in [0.3, 0.4) is 0 Å². The van der Waals surface area contributed by atoms with E-state index in [-0.39, 0.29) is 12.5 Å². The quantitative estimate of drug-likeness (QED) is 0.303. The Morgan fingerprint density at radius 1 is 1.04 bits per heavy atom. The molecule has 2 fully saturated rings. The highest BCUT2D eigenvalue weighted by molar-refractivity contribution is 5.73. The molecule has 0 aromatic heterocycles. The van der Waals surface area contributed by atoms with Crippen molar-refractivity contribution in [2.45, 2.75) is 68.6 Å². The fourth-order valence-electron chi connectivity index (χ4n) is 3.34. The maximum atomic E-state index is 11.5. The van der Waals surface area contributed by atoms with Crippen LogP contribution in [0.15, 0.2) is 0 Å². The molecule has 9 atom stereocenters. The molecule has 9 unspecified atom stereocenters. The third-order valence-corrected chi connectivity index (χ3v) is 4.76. The lowest BCUT2D eigenvalue weighted by atomic mass is 9.97. The van der Waals surface area contributed by atoms with Gasteiger partial charge in [0.25, 0.3) is 0 Å². The number of hydrogen-bond acceptors (Lipinski definition) is 10. The number of rotatable bonds is 7. The van der Waals surface area contributed by atoms with Gasteiger partial charge in [-0.1, -0.05) is 0 Å². The van der Waals surface area contributed by atoms with E-state index in [1.807, 2.05) is 0 Å². The van der Waals surface area contributed by atoms with Gasteiger partial charge in [0.15, 0.2) is 12.6 Å². The molecule has 11 heteroatoms. The van der Waals surface area contributed by atoms with E-state index in [9.17, 15) is 25.2 Å². The minimum atomic E-state index is -1.44. The number of amides is 1. The molecule has 0 radical (unpaired) electrons. The van der Waals surface area contributed by atoms with Crippen molar-refractivity contribution < 1.29 is 48.9 Å². The number of hydrogen-bond donors (Lipinski definition) is 5. The zero-order valence-corrected chi connectivity index (χ0v) is 15.6. The van der Waals surface area contributed by atoms with Crippen LogP contribution in [0.4, 0.5) is 0 Å². The van der Waals surface area contributed by atoms with Crippen molar-refractivity contribution in [2.75, 3.05) is 27.4 Å². The smallest absolute Gasteiger partial charge is 0.217 e. The number of nitrogens with one attached hydrogen (secondary N) is 1. The predicted octanol–water partition coefficient (Wildman–Crippen LogP) is -2.92.